The Labute approximate surface area is 192 Å². The van der Waals surface area contributed by atoms with E-state index in [1.807, 2.05) is 35.2 Å². The second-order valence-corrected chi connectivity index (χ2v) is 9.79. The van der Waals surface area contributed by atoms with Gasteiger partial charge in [-0.15, -0.1) is 21.5 Å². The van der Waals surface area contributed by atoms with Crippen LogP contribution in [0.25, 0.3) is 21.7 Å². The number of para-hydroxylation sites is 1. The predicted molar refractivity (Wildman–Crippen MR) is 124 cm³/mol. The third kappa shape index (κ3) is 4.61. The zero-order chi connectivity index (χ0) is 21.2. The number of hydrogen-bond donors (Lipinski definition) is 0. The van der Waals surface area contributed by atoms with Crippen LogP contribution in [0.15, 0.2) is 58.2 Å². The molecule has 5 rings (SSSR count). The molecule has 0 bridgehead atoms. The number of aromatic nitrogens is 3. The third-order valence-electron chi connectivity index (χ3n) is 5.25. The van der Waals surface area contributed by atoms with E-state index in [9.17, 15) is 4.79 Å². The number of amides is 1. The number of hydrogen-bond acceptors (Lipinski definition) is 7. The Bertz CT molecular complexity index is 1170. The number of nitrogens with zero attached hydrogens (tertiary/aromatic N) is 4. The molecule has 0 aliphatic carbocycles. The van der Waals surface area contributed by atoms with Crippen molar-refractivity contribution in [2.75, 3.05) is 18.8 Å². The Morgan fingerprint density at radius 3 is 2.87 bits per heavy atom. The monoisotopic (exact) mass is 470 g/mol. The lowest BCUT2D eigenvalue weighted by Gasteiger charge is -2.31. The van der Waals surface area contributed by atoms with E-state index in [0.717, 1.165) is 35.5 Å². The molecule has 1 amide bonds. The van der Waals surface area contributed by atoms with Gasteiger partial charge in [0.05, 0.1) is 21.0 Å². The maximum Gasteiger partial charge on any atom is 0.277 e. The van der Waals surface area contributed by atoms with Crippen LogP contribution in [-0.4, -0.2) is 44.8 Å². The van der Waals surface area contributed by atoms with Crippen molar-refractivity contribution in [3.63, 3.8) is 0 Å². The summed E-state index contributed by atoms with van der Waals surface area (Å²) in [4.78, 5) is 19.5. The lowest BCUT2D eigenvalue weighted by molar-refractivity contribution is -0.129. The van der Waals surface area contributed by atoms with Crippen LogP contribution in [0.1, 0.15) is 23.8 Å². The first-order valence-corrected chi connectivity index (χ1v) is 12.2. The molecule has 2 aromatic carbocycles. The summed E-state index contributed by atoms with van der Waals surface area (Å²) < 4.78 is 6.89. The van der Waals surface area contributed by atoms with Crippen LogP contribution in [0.4, 0.5) is 0 Å². The van der Waals surface area contributed by atoms with Crippen LogP contribution in [-0.2, 0) is 4.79 Å². The zero-order valence-corrected chi connectivity index (χ0v) is 18.9. The molecule has 0 saturated carbocycles. The molecule has 9 heteroatoms. The van der Waals surface area contributed by atoms with Crippen LogP contribution in [0.5, 0.6) is 0 Å². The first-order valence-electron chi connectivity index (χ1n) is 10.0. The highest BCUT2D eigenvalue weighted by Crippen LogP contribution is 2.33. The van der Waals surface area contributed by atoms with Crippen molar-refractivity contribution in [3.05, 3.63) is 58.6 Å². The maximum atomic E-state index is 12.8. The van der Waals surface area contributed by atoms with Gasteiger partial charge in [-0.1, -0.05) is 35.5 Å². The lowest BCUT2D eigenvalue weighted by Crippen LogP contribution is -2.40. The van der Waals surface area contributed by atoms with Crippen molar-refractivity contribution in [2.45, 2.75) is 24.0 Å². The van der Waals surface area contributed by atoms with E-state index in [-0.39, 0.29) is 11.7 Å². The van der Waals surface area contributed by atoms with Gasteiger partial charge in [-0.05, 0) is 49.2 Å². The van der Waals surface area contributed by atoms with Gasteiger partial charge in [0, 0.05) is 29.6 Å². The fourth-order valence-electron chi connectivity index (χ4n) is 3.66. The molecular formula is C22H19ClN4O2S2. The molecule has 0 N–H and O–H groups in total. The van der Waals surface area contributed by atoms with E-state index < -0.39 is 0 Å². The quantitative estimate of drug-likeness (QED) is 0.359. The number of piperidine rings is 1. The summed E-state index contributed by atoms with van der Waals surface area (Å²) in [6.45, 7) is 1.49. The molecule has 158 valence electrons. The highest BCUT2D eigenvalue weighted by atomic mass is 35.5. The SMILES string of the molecule is O=C(CSc1nnc(-c2ccc(Cl)cc2)o1)N1CCC[C@@H](c2nc3ccccc3s2)C1. The minimum atomic E-state index is 0.0852. The highest BCUT2D eigenvalue weighted by Gasteiger charge is 2.27. The van der Waals surface area contributed by atoms with Crippen LogP contribution in [0.2, 0.25) is 5.02 Å². The normalized spacial score (nSPS) is 16.7. The number of thiazole rings is 1. The number of halogens is 1. The first-order chi connectivity index (χ1) is 15.2. The Morgan fingerprint density at radius 2 is 2.03 bits per heavy atom. The fourth-order valence-corrected chi connectivity index (χ4v) is 5.55. The van der Waals surface area contributed by atoms with Gasteiger partial charge in [0.2, 0.25) is 11.8 Å². The molecule has 0 spiro atoms. The minimum absolute atomic E-state index is 0.0852. The molecule has 3 heterocycles. The number of benzene rings is 2. The molecule has 1 atom stereocenters. The molecule has 1 saturated heterocycles. The first kappa shape index (κ1) is 20.5. The molecule has 0 unspecified atom stereocenters. The number of carbonyl (C=O) groups excluding carboxylic acids is 1. The average Bonchev–Trinajstić information content (AvgIpc) is 3.45. The van der Waals surface area contributed by atoms with E-state index >= 15 is 0 Å². The standard InChI is InChI=1S/C22H19ClN4O2S2/c23-16-9-7-14(8-10-16)20-25-26-22(29-20)30-13-19(28)27-11-3-4-15(12-27)21-24-17-5-1-2-6-18(17)31-21/h1-2,5-10,15H,3-4,11-13H2/t15-/m1/s1. The summed E-state index contributed by atoms with van der Waals surface area (Å²) in [6, 6.07) is 15.4. The molecule has 2 aromatic heterocycles. The third-order valence-corrected chi connectivity index (χ3v) is 7.50. The molecule has 1 aliphatic rings. The van der Waals surface area contributed by atoms with Crippen LogP contribution in [0, 0.1) is 0 Å². The summed E-state index contributed by atoms with van der Waals surface area (Å²) in [5.41, 5.74) is 1.83. The van der Waals surface area contributed by atoms with Gasteiger partial charge in [0.25, 0.3) is 5.22 Å². The Balaban J connectivity index is 1.20. The lowest BCUT2D eigenvalue weighted by atomic mass is 9.99. The van der Waals surface area contributed by atoms with Crippen LogP contribution in [0.3, 0.4) is 0 Å². The number of carbonyl (C=O) groups is 1. The van der Waals surface area contributed by atoms with Crippen molar-refractivity contribution in [1.82, 2.24) is 20.1 Å². The molecule has 0 radical (unpaired) electrons. The molecule has 31 heavy (non-hydrogen) atoms. The van der Waals surface area contributed by atoms with Gasteiger partial charge >= 0.3 is 0 Å². The maximum absolute atomic E-state index is 12.8. The largest absolute Gasteiger partial charge is 0.411 e. The van der Waals surface area contributed by atoms with Crippen molar-refractivity contribution >= 4 is 50.8 Å². The summed E-state index contributed by atoms with van der Waals surface area (Å²) in [5.74, 6) is 1.07. The summed E-state index contributed by atoms with van der Waals surface area (Å²) >= 11 is 8.92. The number of fused-ring (bicyclic) bond motifs is 1. The summed E-state index contributed by atoms with van der Waals surface area (Å²) in [6.07, 6.45) is 2.04. The number of rotatable bonds is 5. The van der Waals surface area contributed by atoms with Gasteiger partial charge in [0.1, 0.15) is 0 Å². The second-order valence-electron chi connectivity index (χ2n) is 7.37. The van der Waals surface area contributed by atoms with Gasteiger partial charge < -0.3 is 9.32 Å². The van der Waals surface area contributed by atoms with Crippen molar-refractivity contribution in [1.29, 1.82) is 0 Å². The number of likely N-dealkylation sites (tertiary alicyclic amines) is 1. The second kappa shape index (κ2) is 8.98. The van der Waals surface area contributed by atoms with E-state index in [2.05, 4.69) is 16.3 Å². The minimum Gasteiger partial charge on any atom is -0.411 e. The molecule has 1 aliphatic heterocycles. The Kier molecular flexibility index (Phi) is 5.93. The van der Waals surface area contributed by atoms with Crippen molar-refractivity contribution < 1.29 is 9.21 Å². The zero-order valence-electron chi connectivity index (χ0n) is 16.5. The fraction of sp³-hybridized carbons (Fsp3) is 0.273. The predicted octanol–water partition coefficient (Wildman–Crippen LogP) is 5.50. The molecule has 6 nitrogen and oxygen atoms in total. The van der Waals surface area contributed by atoms with E-state index in [1.165, 1.54) is 16.5 Å². The van der Waals surface area contributed by atoms with E-state index in [1.54, 1.807) is 23.5 Å². The number of thioether (sulfide) groups is 1. The van der Waals surface area contributed by atoms with Crippen LogP contribution < -0.4 is 0 Å². The van der Waals surface area contributed by atoms with E-state index in [0.29, 0.717) is 28.6 Å². The van der Waals surface area contributed by atoms with Crippen LogP contribution >= 0.6 is 34.7 Å². The Morgan fingerprint density at radius 1 is 1.19 bits per heavy atom. The summed E-state index contributed by atoms with van der Waals surface area (Å²) in [7, 11) is 0. The average molecular weight is 471 g/mol. The molecule has 1 fully saturated rings. The van der Waals surface area contributed by atoms with Crippen molar-refractivity contribution in [2.24, 2.45) is 0 Å². The van der Waals surface area contributed by atoms with Gasteiger partial charge in [-0.25, -0.2) is 4.98 Å². The van der Waals surface area contributed by atoms with E-state index in [4.69, 9.17) is 21.0 Å². The van der Waals surface area contributed by atoms with Gasteiger partial charge in [0.15, 0.2) is 0 Å². The van der Waals surface area contributed by atoms with Crippen molar-refractivity contribution in [3.8, 4) is 11.5 Å². The van der Waals surface area contributed by atoms with Gasteiger partial charge in [-0.2, -0.15) is 0 Å². The topological polar surface area (TPSA) is 72.1 Å². The molecule has 4 aromatic rings. The summed E-state index contributed by atoms with van der Waals surface area (Å²) in [5, 5.41) is 10.3. The Hall–Kier alpha value is -2.42. The smallest absolute Gasteiger partial charge is 0.277 e. The van der Waals surface area contributed by atoms with Gasteiger partial charge in [-0.3, -0.25) is 4.79 Å². The molecular weight excluding hydrogens is 452 g/mol. The highest BCUT2D eigenvalue weighted by molar-refractivity contribution is 7.99.